The summed E-state index contributed by atoms with van der Waals surface area (Å²) in [6.45, 7) is 3.97. The van der Waals surface area contributed by atoms with Crippen molar-refractivity contribution in [2.45, 2.75) is 32.4 Å². The molecule has 1 fully saturated rings. The Balaban J connectivity index is 1.79. The second kappa shape index (κ2) is 5.77. The predicted octanol–water partition coefficient (Wildman–Crippen LogP) is 2.61. The molecule has 0 aliphatic carbocycles. The molecule has 1 atom stereocenters. The van der Waals surface area contributed by atoms with Gasteiger partial charge in [-0.25, -0.2) is 4.98 Å². The van der Waals surface area contributed by atoms with E-state index in [-0.39, 0.29) is 12.6 Å². The van der Waals surface area contributed by atoms with E-state index in [0.717, 1.165) is 42.9 Å². The van der Waals surface area contributed by atoms with Crippen LogP contribution in [0.2, 0.25) is 0 Å². The van der Waals surface area contributed by atoms with E-state index < -0.39 is 0 Å². The average Bonchev–Trinajstić information content (AvgIpc) is 3.07. The molecule has 1 aromatic carbocycles. The molecule has 4 nitrogen and oxygen atoms in total. The van der Waals surface area contributed by atoms with Crippen LogP contribution in [0, 0.1) is 6.92 Å². The molecule has 0 bridgehead atoms. The van der Waals surface area contributed by atoms with Gasteiger partial charge in [0.05, 0.1) is 12.3 Å². The van der Waals surface area contributed by atoms with Crippen molar-refractivity contribution in [1.82, 2.24) is 9.88 Å². The van der Waals surface area contributed by atoms with E-state index in [1.54, 1.807) is 0 Å². The number of hydrogen-bond acceptors (Lipinski definition) is 4. The van der Waals surface area contributed by atoms with E-state index in [2.05, 4.69) is 9.88 Å². The first-order valence-electron chi connectivity index (χ1n) is 7.14. The Morgan fingerprint density at radius 3 is 2.90 bits per heavy atom. The highest BCUT2D eigenvalue weighted by atomic mass is 16.4. The minimum absolute atomic E-state index is 0.225. The molecule has 2 aromatic rings. The molecule has 20 heavy (non-hydrogen) atoms. The van der Waals surface area contributed by atoms with Crippen molar-refractivity contribution in [3.05, 3.63) is 41.8 Å². The van der Waals surface area contributed by atoms with Crippen molar-refractivity contribution in [1.29, 1.82) is 0 Å². The van der Waals surface area contributed by atoms with E-state index >= 15 is 0 Å². The van der Waals surface area contributed by atoms with Crippen LogP contribution in [0.3, 0.4) is 0 Å². The van der Waals surface area contributed by atoms with Gasteiger partial charge in [0, 0.05) is 18.2 Å². The molecule has 4 heteroatoms. The number of benzene rings is 1. The minimum atomic E-state index is 0.225. The lowest BCUT2D eigenvalue weighted by Gasteiger charge is -2.21. The van der Waals surface area contributed by atoms with Gasteiger partial charge in [0.25, 0.3) is 0 Å². The fraction of sp³-hybridized carbons (Fsp3) is 0.438. The van der Waals surface area contributed by atoms with Crippen LogP contribution in [0.15, 0.2) is 34.7 Å². The Bertz CT molecular complexity index is 565. The summed E-state index contributed by atoms with van der Waals surface area (Å²) in [5.74, 6) is 1.55. The predicted molar refractivity (Wildman–Crippen MR) is 77.2 cm³/mol. The molecular weight excluding hydrogens is 252 g/mol. The molecule has 1 aliphatic heterocycles. The summed E-state index contributed by atoms with van der Waals surface area (Å²) in [7, 11) is 0. The third-order valence-corrected chi connectivity index (χ3v) is 3.98. The standard InChI is InChI=1S/C16H20N2O2/c1-12-15(10-18-9-5-8-14(18)11-19)17-16(20-12)13-6-3-2-4-7-13/h2-4,6-7,14,19H,5,8-11H2,1H3/t14-/m1/s1. The maximum absolute atomic E-state index is 9.38. The van der Waals surface area contributed by atoms with Crippen LogP contribution < -0.4 is 0 Å². The molecule has 0 radical (unpaired) electrons. The first kappa shape index (κ1) is 13.3. The maximum atomic E-state index is 9.38. The summed E-state index contributed by atoms with van der Waals surface area (Å²) < 4.78 is 5.78. The highest BCUT2D eigenvalue weighted by Crippen LogP contribution is 2.25. The molecule has 0 spiro atoms. The molecule has 1 N–H and O–H groups in total. The summed E-state index contributed by atoms with van der Waals surface area (Å²) in [5.41, 5.74) is 1.98. The van der Waals surface area contributed by atoms with Gasteiger partial charge in [-0.05, 0) is 38.4 Å². The molecule has 0 unspecified atom stereocenters. The molecular formula is C16H20N2O2. The number of aromatic nitrogens is 1. The summed E-state index contributed by atoms with van der Waals surface area (Å²) in [6.07, 6.45) is 2.21. The van der Waals surface area contributed by atoms with Gasteiger partial charge in [-0.3, -0.25) is 4.90 Å². The second-order valence-electron chi connectivity index (χ2n) is 5.34. The van der Waals surface area contributed by atoms with Gasteiger partial charge in [0.2, 0.25) is 5.89 Å². The Kier molecular flexibility index (Phi) is 3.85. The van der Waals surface area contributed by atoms with Crippen LogP contribution in [-0.2, 0) is 6.54 Å². The van der Waals surface area contributed by atoms with Crippen molar-refractivity contribution in [2.75, 3.05) is 13.2 Å². The summed E-state index contributed by atoms with van der Waals surface area (Å²) >= 11 is 0. The lowest BCUT2D eigenvalue weighted by Crippen LogP contribution is -2.31. The Morgan fingerprint density at radius 2 is 2.15 bits per heavy atom. The number of rotatable bonds is 4. The molecule has 2 heterocycles. The van der Waals surface area contributed by atoms with E-state index in [1.807, 2.05) is 37.3 Å². The number of aliphatic hydroxyl groups excluding tert-OH is 1. The summed E-state index contributed by atoms with van der Waals surface area (Å²) in [5, 5.41) is 9.38. The number of aliphatic hydroxyl groups is 1. The van der Waals surface area contributed by atoms with Gasteiger partial charge in [0.15, 0.2) is 0 Å². The zero-order chi connectivity index (χ0) is 13.9. The summed E-state index contributed by atoms with van der Waals surface area (Å²) in [6, 6.07) is 10.2. The molecule has 106 valence electrons. The third-order valence-electron chi connectivity index (χ3n) is 3.98. The fourth-order valence-corrected chi connectivity index (χ4v) is 2.78. The van der Waals surface area contributed by atoms with Crippen molar-refractivity contribution < 1.29 is 9.52 Å². The van der Waals surface area contributed by atoms with Gasteiger partial charge >= 0.3 is 0 Å². The molecule has 0 amide bonds. The highest BCUT2D eigenvalue weighted by molar-refractivity contribution is 5.53. The maximum Gasteiger partial charge on any atom is 0.226 e. The van der Waals surface area contributed by atoms with Gasteiger partial charge in [0.1, 0.15) is 5.76 Å². The number of oxazole rings is 1. The van der Waals surface area contributed by atoms with Gasteiger partial charge < -0.3 is 9.52 Å². The Labute approximate surface area is 119 Å². The normalized spacial score (nSPS) is 19.6. The number of aryl methyl sites for hydroxylation is 1. The second-order valence-corrected chi connectivity index (χ2v) is 5.34. The SMILES string of the molecule is Cc1oc(-c2ccccc2)nc1CN1CCC[C@@H]1CO. The van der Waals surface area contributed by atoms with E-state index in [4.69, 9.17) is 4.42 Å². The first-order chi connectivity index (χ1) is 9.78. The molecule has 0 saturated carbocycles. The van der Waals surface area contributed by atoms with Crippen molar-refractivity contribution >= 4 is 0 Å². The van der Waals surface area contributed by atoms with Gasteiger partial charge in [-0.2, -0.15) is 0 Å². The largest absolute Gasteiger partial charge is 0.441 e. The lowest BCUT2D eigenvalue weighted by atomic mass is 10.2. The number of hydrogen-bond donors (Lipinski definition) is 1. The average molecular weight is 272 g/mol. The van der Waals surface area contributed by atoms with Crippen LogP contribution in [0.5, 0.6) is 0 Å². The smallest absolute Gasteiger partial charge is 0.226 e. The Morgan fingerprint density at radius 1 is 1.35 bits per heavy atom. The van der Waals surface area contributed by atoms with E-state index in [0.29, 0.717) is 5.89 Å². The van der Waals surface area contributed by atoms with Crippen LogP contribution in [0.1, 0.15) is 24.3 Å². The van der Waals surface area contributed by atoms with E-state index in [1.165, 1.54) is 0 Å². The van der Waals surface area contributed by atoms with Crippen LogP contribution in [-0.4, -0.2) is 34.2 Å². The zero-order valence-corrected chi connectivity index (χ0v) is 11.7. The van der Waals surface area contributed by atoms with Crippen LogP contribution in [0.25, 0.3) is 11.5 Å². The number of nitrogens with zero attached hydrogens (tertiary/aromatic N) is 2. The minimum Gasteiger partial charge on any atom is -0.441 e. The van der Waals surface area contributed by atoms with Crippen LogP contribution in [0.4, 0.5) is 0 Å². The first-order valence-corrected chi connectivity index (χ1v) is 7.14. The Hall–Kier alpha value is -1.65. The van der Waals surface area contributed by atoms with Crippen molar-refractivity contribution in [3.63, 3.8) is 0 Å². The van der Waals surface area contributed by atoms with Crippen molar-refractivity contribution in [2.24, 2.45) is 0 Å². The highest BCUT2D eigenvalue weighted by Gasteiger charge is 2.25. The summed E-state index contributed by atoms with van der Waals surface area (Å²) in [4.78, 5) is 6.91. The van der Waals surface area contributed by atoms with Gasteiger partial charge in [-0.15, -0.1) is 0 Å². The third kappa shape index (κ3) is 2.62. The fourth-order valence-electron chi connectivity index (χ4n) is 2.78. The lowest BCUT2D eigenvalue weighted by molar-refractivity contribution is 0.152. The van der Waals surface area contributed by atoms with Gasteiger partial charge in [-0.1, -0.05) is 18.2 Å². The number of likely N-dealkylation sites (tertiary alicyclic amines) is 1. The molecule has 1 aliphatic rings. The van der Waals surface area contributed by atoms with E-state index in [9.17, 15) is 5.11 Å². The quantitative estimate of drug-likeness (QED) is 0.929. The molecule has 3 rings (SSSR count). The van der Waals surface area contributed by atoms with Crippen molar-refractivity contribution in [3.8, 4) is 11.5 Å². The molecule has 1 aromatic heterocycles. The molecule has 1 saturated heterocycles. The topological polar surface area (TPSA) is 49.5 Å². The monoisotopic (exact) mass is 272 g/mol. The van der Waals surface area contributed by atoms with Crippen LogP contribution >= 0.6 is 0 Å². The zero-order valence-electron chi connectivity index (χ0n) is 11.7.